The van der Waals surface area contributed by atoms with E-state index in [1.165, 1.54) is 0 Å². The average molecular weight is 365 g/mol. The Labute approximate surface area is 142 Å². The third-order valence-electron chi connectivity index (χ3n) is 4.57. The standard InChI is InChI=1S/C17H34F2O2Si2/c1-12(2)23(13(3)4,14(5)6)16(20)11-10-15(17(18)19)21-22(7,8)9/h12-14H,10-11H2,1-9H3. The van der Waals surface area contributed by atoms with E-state index in [1.54, 1.807) is 0 Å². The van der Waals surface area contributed by atoms with Crippen LogP contribution in [-0.4, -0.2) is 21.8 Å². The molecular formula is C17H34F2O2Si2. The van der Waals surface area contributed by atoms with E-state index in [1.807, 2.05) is 19.6 Å². The van der Waals surface area contributed by atoms with Crippen LogP contribution in [0.3, 0.4) is 0 Å². The molecule has 0 heterocycles. The van der Waals surface area contributed by atoms with Crippen molar-refractivity contribution in [2.24, 2.45) is 0 Å². The van der Waals surface area contributed by atoms with Gasteiger partial charge in [0.1, 0.15) is 19.2 Å². The molecule has 0 aromatic rings. The lowest BCUT2D eigenvalue weighted by Gasteiger charge is -2.41. The zero-order chi connectivity index (χ0) is 18.6. The van der Waals surface area contributed by atoms with Crippen LogP contribution in [0.25, 0.3) is 0 Å². The molecule has 136 valence electrons. The molecule has 0 aromatic heterocycles. The lowest BCUT2D eigenvalue weighted by molar-refractivity contribution is -0.113. The second-order valence-electron chi connectivity index (χ2n) is 8.22. The highest BCUT2D eigenvalue weighted by molar-refractivity contribution is 7.08. The van der Waals surface area contributed by atoms with E-state index in [0.717, 1.165) is 0 Å². The minimum atomic E-state index is -2.24. The van der Waals surface area contributed by atoms with Crippen molar-refractivity contribution in [2.75, 3.05) is 0 Å². The molecule has 0 saturated heterocycles. The van der Waals surface area contributed by atoms with Crippen molar-refractivity contribution in [3.8, 4) is 0 Å². The van der Waals surface area contributed by atoms with E-state index in [4.69, 9.17) is 4.43 Å². The smallest absolute Gasteiger partial charge is 0.306 e. The fourth-order valence-electron chi connectivity index (χ4n) is 3.96. The fraction of sp³-hybridized carbons (Fsp3) is 0.824. The number of rotatable bonds is 9. The minimum Gasteiger partial charge on any atom is -0.544 e. The molecule has 2 nitrogen and oxygen atoms in total. The highest BCUT2D eigenvalue weighted by Gasteiger charge is 2.48. The van der Waals surface area contributed by atoms with Crippen LogP contribution in [0, 0.1) is 0 Å². The van der Waals surface area contributed by atoms with Gasteiger partial charge in [-0.3, -0.25) is 0 Å². The summed E-state index contributed by atoms with van der Waals surface area (Å²) < 4.78 is 31.7. The summed E-state index contributed by atoms with van der Waals surface area (Å²) in [6.07, 6.45) is -1.60. The Morgan fingerprint density at radius 1 is 0.870 bits per heavy atom. The molecule has 0 bridgehead atoms. The van der Waals surface area contributed by atoms with Crippen LogP contribution in [0.2, 0.25) is 36.3 Å². The van der Waals surface area contributed by atoms with Crippen LogP contribution in [0.1, 0.15) is 54.4 Å². The van der Waals surface area contributed by atoms with Gasteiger partial charge in [0, 0.05) is 12.8 Å². The molecule has 0 radical (unpaired) electrons. The molecule has 0 rings (SSSR count). The quantitative estimate of drug-likeness (QED) is 0.344. The minimum absolute atomic E-state index is 0.0202. The topological polar surface area (TPSA) is 26.3 Å². The van der Waals surface area contributed by atoms with Gasteiger partial charge in [0.25, 0.3) is 0 Å². The molecule has 23 heavy (non-hydrogen) atoms. The molecule has 0 aliphatic carbocycles. The molecule has 0 N–H and O–H groups in total. The van der Waals surface area contributed by atoms with Gasteiger partial charge in [-0.15, -0.1) is 0 Å². The van der Waals surface area contributed by atoms with E-state index in [-0.39, 0.29) is 24.0 Å². The molecule has 0 aliphatic heterocycles. The van der Waals surface area contributed by atoms with Gasteiger partial charge >= 0.3 is 6.08 Å². The van der Waals surface area contributed by atoms with Gasteiger partial charge in [0.2, 0.25) is 8.32 Å². The Hall–Kier alpha value is -0.496. The predicted molar refractivity (Wildman–Crippen MR) is 99.0 cm³/mol. The first-order chi connectivity index (χ1) is 10.3. The van der Waals surface area contributed by atoms with Gasteiger partial charge < -0.3 is 9.22 Å². The summed E-state index contributed by atoms with van der Waals surface area (Å²) in [4.78, 5) is 13.0. The summed E-state index contributed by atoms with van der Waals surface area (Å²) in [5.41, 5.74) is 0.904. The Balaban J connectivity index is 5.34. The molecule has 0 aliphatic rings. The monoisotopic (exact) mass is 364 g/mol. The Kier molecular flexibility index (Phi) is 8.37. The molecule has 6 heteroatoms. The van der Waals surface area contributed by atoms with Crippen molar-refractivity contribution < 1.29 is 18.0 Å². The highest BCUT2D eigenvalue weighted by Crippen LogP contribution is 2.43. The third kappa shape index (κ3) is 5.82. The zero-order valence-corrected chi connectivity index (χ0v) is 18.2. The SMILES string of the molecule is CC(C)[Si](C(=O)CCC(O[Si](C)(C)C)=C(F)F)(C(C)C)C(C)C. The summed E-state index contributed by atoms with van der Waals surface area (Å²) in [5.74, 6) is -0.281. The molecule has 0 aromatic carbocycles. The van der Waals surface area contributed by atoms with E-state index < -0.39 is 22.5 Å². The number of halogens is 2. The third-order valence-corrected chi connectivity index (χ3v) is 12.4. The van der Waals surface area contributed by atoms with Crippen molar-refractivity contribution in [3.05, 3.63) is 11.8 Å². The van der Waals surface area contributed by atoms with Crippen LogP contribution >= 0.6 is 0 Å². The van der Waals surface area contributed by atoms with Gasteiger partial charge in [-0.1, -0.05) is 41.5 Å². The van der Waals surface area contributed by atoms with E-state index >= 15 is 0 Å². The van der Waals surface area contributed by atoms with Gasteiger partial charge in [-0.05, 0) is 36.3 Å². The first-order valence-corrected chi connectivity index (χ1v) is 14.2. The van der Waals surface area contributed by atoms with Crippen LogP contribution in [0.15, 0.2) is 11.8 Å². The highest BCUT2D eigenvalue weighted by atomic mass is 28.4. The van der Waals surface area contributed by atoms with Gasteiger partial charge in [0.15, 0.2) is 0 Å². The Morgan fingerprint density at radius 3 is 1.52 bits per heavy atom. The van der Waals surface area contributed by atoms with Crippen molar-refractivity contribution in [3.63, 3.8) is 0 Å². The number of hydrogen-bond acceptors (Lipinski definition) is 2. The largest absolute Gasteiger partial charge is 0.544 e. The van der Waals surface area contributed by atoms with Gasteiger partial charge in [0.05, 0.1) is 0 Å². The van der Waals surface area contributed by atoms with Crippen molar-refractivity contribution >= 4 is 21.8 Å². The zero-order valence-electron chi connectivity index (χ0n) is 16.2. The second-order valence-corrected chi connectivity index (χ2v) is 18.5. The lowest BCUT2D eigenvalue weighted by atomic mass is 10.3. The molecule has 0 fully saturated rings. The van der Waals surface area contributed by atoms with Crippen molar-refractivity contribution in [1.82, 2.24) is 0 Å². The van der Waals surface area contributed by atoms with Gasteiger partial charge in [-0.25, -0.2) is 0 Å². The average Bonchev–Trinajstić information content (AvgIpc) is 2.31. The van der Waals surface area contributed by atoms with Gasteiger partial charge in [-0.2, -0.15) is 8.78 Å². The van der Waals surface area contributed by atoms with E-state index in [2.05, 4.69) is 41.5 Å². The summed E-state index contributed by atoms with van der Waals surface area (Å²) in [6.45, 7) is 18.2. The maximum Gasteiger partial charge on any atom is 0.306 e. The van der Waals surface area contributed by atoms with Crippen LogP contribution in [0.4, 0.5) is 8.78 Å². The van der Waals surface area contributed by atoms with Crippen LogP contribution < -0.4 is 0 Å². The molecule has 0 saturated carbocycles. The maximum absolute atomic E-state index is 13.1. The number of allylic oxidation sites excluding steroid dienone is 1. The second kappa shape index (κ2) is 8.56. The first kappa shape index (κ1) is 22.5. The summed E-state index contributed by atoms with van der Waals surface area (Å²) in [5, 5.41) is 0.204. The van der Waals surface area contributed by atoms with Crippen molar-refractivity contribution in [2.45, 2.75) is 90.6 Å². The normalized spacial score (nSPS) is 13.0. The molecule has 0 spiro atoms. The maximum atomic E-state index is 13.1. The summed E-state index contributed by atoms with van der Waals surface area (Å²) in [6, 6.07) is 0. The predicted octanol–water partition coefficient (Wildman–Crippen LogP) is 6.51. The lowest BCUT2D eigenvalue weighted by Crippen LogP contribution is -2.52. The Bertz CT molecular complexity index is 413. The van der Waals surface area contributed by atoms with Crippen LogP contribution in [0.5, 0.6) is 0 Å². The number of hydrogen-bond donors (Lipinski definition) is 0. The summed E-state index contributed by atoms with van der Waals surface area (Å²) >= 11 is 0. The van der Waals surface area contributed by atoms with E-state index in [9.17, 15) is 13.6 Å². The molecule has 0 atom stereocenters. The molecule has 0 unspecified atom stereocenters. The number of carbonyl (C=O) groups excluding carboxylic acids is 1. The first-order valence-electron chi connectivity index (χ1n) is 8.53. The number of carbonyl (C=O) groups is 1. The Morgan fingerprint density at radius 2 is 1.26 bits per heavy atom. The van der Waals surface area contributed by atoms with Crippen LogP contribution in [-0.2, 0) is 9.22 Å². The molecular weight excluding hydrogens is 330 g/mol. The molecule has 0 amide bonds. The van der Waals surface area contributed by atoms with E-state index in [0.29, 0.717) is 16.6 Å². The summed E-state index contributed by atoms with van der Waals surface area (Å²) in [7, 11) is -4.35. The fourth-order valence-corrected chi connectivity index (χ4v) is 11.4. The van der Waals surface area contributed by atoms with Crippen molar-refractivity contribution in [1.29, 1.82) is 0 Å².